The highest BCUT2D eigenvalue weighted by Gasteiger charge is 2.33. The standard InChI is InChI=1S/C35H34N10O7S/c1-23(2)22-45(53(47,48)25-11-5-4-6-12-25)33-30(52-28-14-8-7-13-27(28)49-3)34(50-19-20-51-35(46)38-29-15-9-10-17-37-29)40-31(39-33)24-16-18-36-26(21-24)32-41-43-44-42-32/h4-18,21,23H,19-20,22H2,1-3H3,(H,37,38,46)(H,41,42,43,44). The molecule has 53 heavy (non-hydrogen) atoms. The Morgan fingerprint density at radius 1 is 0.887 bits per heavy atom. The molecule has 0 atom stereocenters. The first-order chi connectivity index (χ1) is 25.7. The van der Waals surface area contributed by atoms with E-state index in [0.717, 1.165) is 4.31 Å². The van der Waals surface area contributed by atoms with Crippen LogP contribution in [0.15, 0.2) is 102 Å². The quantitative estimate of drug-likeness (QED) is 0.127. The maximum Gasteiger partial charge on any atom is 0.412 e. The molecule has 0 fully saturated rings. The van der Waals surface area contributed by atoms with Gasteiger partial charge in [0.25, 0.3) is 15.9 Å². The molecule has 0 unspecified atom stereocenters. The van der Waals surface area contributed by atoms with Crippen molar-refractivity contribution in [2.75, 3.05) is 36.5 Å². The summed E-state index contributed by atoms with van der Waals surface area (Å²) in [5.41, 5.74) is 0.767. The fourth-order valence-electron chi connectivity index (χ4n) is 4.88. The molecule has 4 aromatic heterocycles. The Morgan fingerprint density at radius 3 is 2.38 bits per heavy atom. The fourth-order valence-corrected chi connectivity index (χ4v) is 6.48. The third-order valence-electron chi connectivity index (χ3n) is 7.24. The molecular weight excluding hydrogens is 705 g/mol. The van der Waals surface area contributed by atoms with Gasteiger partial charge in [0.2, 0.25) is 11.6 Å². The molecule has 272 valence electrons. The number of nitrogens with zero attached hydrogens (tertiary/aromatic N) is 8. The number of ether oxygens (including phenoxy) is 4. The van der Waals surface area contributed by atoms with Crippen LogP contribution in [-0.4, -0.2) is 81.9 Å². The molecule has 18 heteroatoms. The second kappa shape index (κ2) is 16.6. The van der Waals surface area contributed by atoms with E-state index >= 15 is 0 Å². The zero-order chi connectivity index (χ0) is 37.2. The lowest BCUT2D eigenvalue weighted by Crippen LogP contribution is -2.35. The number of anilines is 2. The van der Waals surface area contributed by atoms with Crippen LogP contribution in [0.4, 0.5) is 16.4 Å². The molecule has 0 spiro atoms. The van der Waals surface area contributed by atoms with Crippen molar-refractivity contribution in [3.63, 3.8) is 0 Å². The number of carbonyl (C=O) groups excluding carboxylic acids is 1. The minimum Gasteiger partial charge on any atom is -0.493 e. The lowest BCUT2D eigenvalue weighted by molar-refractivity contribution is 0.135. The highest BCUT2D eigenvalue weighted by Crippen LogP contribution is 2.44. The van der Waals surface area contributed by atoms with Crippen molar-refractivity contribution in [2.45, 2.75) is 18.7 Å². The van der Waals surface area contributed by atoms with Crippen molar-refractivity contribution >= 4 is 27.8 Å². The third kappa shape index (κ3) is 8.79. The van der Waals surface area contributed by atoms with E-state index in [-0.39, 0.29) is 65.4 Å². The number of amides is 1. The molecule has 0 aliphatic heterocycles. The van der Waals surface area contributed by atoms with Gasteiger partial charge in [0.15, 0.2) is 23.1 Å². The van der Waals surface area contributed by atoms with Crippen LogP contribution in [0, 0.1) is 5.92 Å². The number of tetrazole rings is 1. The fraction of sp³-hybridized carbons (Fsp3) is 0.200. The van der Waals surface area contributed by atoms with Gasteiger partial charge in [-0.1, -0.05) is 50.2 Å². The number of methoxy groups -OCH3 is 1. The van der Waals surface area contributed by atoms with E-state index in [1.165, 1.54) is 31.6 Å². The van der Waals surface area contributed by atoms with Crippen molar-refractivity contribution in [1.82, 2.24) is 40.6 Å². The molecular formula is C35H34N10O7S. The Labute approximate surface area is 304 Å². The van der Waals surface area contributed by atoms with Crippen LogP contribution < -0.4 is 23.8 Å². The Kier molecular flexibility index (Phi) is 11.3. The van der Waals surface area contributed by atoms with E-state index in [0.29, 0.717) is 22.8 Å². The average Bonchev–Trinajstić information content (AvgIpc) is 3.72. The van der Waals surface area contributed by atoms with E-state index in [2.05, 4.69) is 35.9 Å². The van der Waals surface area contributed by atoms with Gasteiger partial charge in [-0.2, -0.15) is 10.2 Å². The number of aromatic nitrogens is 8. The lowest BCUT2D eigenvalue weighted by atomic mass is 10.2. The average molecular weight is 739 g/mol. The number of carbonyl (C=O) groups is 1. The van der Waals surface area contributed by atoms with E-state index in [1.807, 2.05) is 13.8 Å². The second-order valence-corrected chi connectivity index (χ2v) is 13.4. The van der Waals surface area contributed by atoms with Crippen LogP contribution in [0.5, 0.6) is 23.1 Å². The minimum absolute atomic E-state index is 0.00331. The highest BCUT2D eigenvalue weighted by atomic mass is 32.2. The van der Waals surface area contributed by atoms with Gasteiger partial charge in [0, 0.05) is 24.5 Å². The number of hydrogen-bond donors (Lipinski definition) is 2. The topological polar surface area (TPSA) is 209 Å². The number of aromatic amines is 1. The van der Waals surface area contributed by atoms with Gasteiger partial charge < -0.3 is 18.9 Å². The van der Waals surface area contributed by atoms with Crippen LogP contribution in [0.25, 0.3) is 22.9 Å². The van der Waals surface area contributed by atoms with Gasteiger partial charge in [0.05, 0.1) is 12.0 Å². The van der Waals surface area contributed by atoms with Crippen LogP contribution in [0.2, 0.25) is 0 Å². The van der Waals surface area contributed by atoms with Crippen LogP contribution in [-0.2, 0) is 14.8 Å². The maximum atomic E-state index is 14.5. The van der Waals surface area contributed by atoms with Crippen LogP contribution >= 0.6 is 0 Å². The maximum absolute atomic E-state index is 14.5. The molecule has 0 bridgehead atoms. The van der Waals surface area contributed by atoms with Crippen molar-refractivity contribution < 1.29 is 32.2 Å². The second-order valence-electron chi connectivity index (χ2n) is 11.5. The predicted molar refractivity (Wildman–Crippen MR) is 192 cm³/mol. The van der Waals surface area contributed by atoms with Crippen molar-refractivity contribution in [3.8, 4) is 46.0 Å². The van der Waals surface area contributed by atoms with Gasteiger partial charge in [-0.15, -0.1) is 10.2 Å². The number of hydrogen-bond acceptors (Lipinski definition) is 14. The smallest absolute Gasteiger partial charge is 0.412 e. The number of benzene rings is 2. The number of H-pyrrole nitrogens is 1. The summed E-state index contributed by atoms with van der Waals surface area (Å²) >= 11 is 0. The summed E-state index contributed by atoms with van der Waals surface area (Å²) in [7, 11) is -2.78. The van der Waals surface area contributed by atoms with E-state index in [4.69, 9.17) is 28.9 Å². The zero-order valence-corrected chi connectivity index (χ0v) is 29.6. The summed E-state index contributed by atoms with van der Waals surface area (Å²) < 4.78 is 53.6. The van der Waals surface area contributed by atoms with Gasteiger partial charge >= 0.3 is 6.09 Å². The third-order valence-corrected chi connectivity index (χ3v) is 9.01. The molecule has 0 aliphatic carbocycles. The Hall–Kier alpha value is -6.69. The molecule has 0 saturated carbocycles. The van der Waals surface area contributed by atoms with E-state index in [1.54, 1.807) is 72.8 Å². The molecule has 1 amide bonds. The molecule has 2 aromatic carbocycles. The molecule has 0 saturated heterocycles. The summed E-state index contributed by atoms with van der Waals surface area (Å²) in [6.07, 6.45) is 2.27. The van der Waals surface area contributed by atoms with Gasteiger partial charge in [-0.3, -0.25) is 10.3 Å². The molecule has 0 radical (unpaired) electrons. The SMILES string of the molecule is COc1ccccc1Oc1c(OCCOC(=O)Nc2ccccn2)nc(-c2ccnc(-c3nn[nH]n3)c2)nc1N(CC(C)C)S(=O)(=O)c1ccccc1. The van der Waals surface area contributed by atoms with Crippen LogP contribution in [0.3, 0.4) is 0 Å². The Bertz CT molecular complexity index is 2250. The van der Waals surface area contributed by atoms with Gasteiger partial charge in [0.1, 0.15) is 24.7 Å². The number of nitrogens with one attached hydrogen (secondary N) is 2. The number of para-hydroxylation sites is 2. The first-order valence-electron chi connectivity index (χ1n) is 16.2. The van der Waals surface area contributed by atoms with Crippen molar-refractivity contribution in [2.24, 2.45) is 5.92 Å². The molecule has 6 rings (SSSR count). The first-order valence-corrected chi connectivity index (χ1v) is 17.7. The Morgan fingerprint density at radius 2 is 1.66 bits per heavy atom. The summed E-state index contributed by atoms with van der Waals surface area (Å²) in [5, 5.41) is 16.5. The molecule has 6 aromatic rings. The first kappa shape index (κ1) is 36.1. The number of rotatable bonds is 15. The Balaban J connectivity index is 1.48. The van der Waals surface area contributed by atoms with Crippen molar-refractivity contribution in [3.05, 3.63) is 97.3 Å². The zero-order valence-electron chi connectivity index (χ0n) is 28.8. The molecule has 0 aliphatic rings. The number of sulfonamides is 1. The molecule has 17 nitrogen and oxygen atoms in total. The summed E-state index contributed by atoms with van der Waals surface area (Å²) in [6, 6.07) is 23.1. The monoisotopic (exact) mass is 738 g/mol. The largest absolute Gasteiger partial charge is 0.493 e. The molecule has 4 heterocycles. The van der Waals surface area contributed by atoms with Crippen LogP contribution in [0.1, 0.15) is 13.8 Å². The minimum atomic E-state index is -4.26. The summed E-state index contributed by atoms with van der Waals surface area (Å²) in [5.74, 6) is 0.569. The molecule has 2 N–H and O–H groups in total. The predicted octanol–water partition coefficient (Wildman–Crippen LogP) is 5.39. The van der Waals surface area contributed by atoms with E-state index < -0.39 is 16.1 Å². The van der Waals surface area contributed by atoms with Gasteiger partial charge in [-0.05, 0) is 59.7 Å². The van der Waals surface area contributed by atoms with Gasteiger partial charge in [-0.25, -0.2) is 27.5 Å². The van der Waals surface area contributed by atoms with E-state index in [9.17, 15) is 13.2 Å². The summed E-state index contributed by atoms with van der Waals surface area (Å²) in [6.45, 7) is 3.31. The number of pyridine rings is 2. The van der Waals surface area contributed by atoms with Crippen molar-refractivity contribution in [1.29, 1.82) is 0 Å². The summed E-state index contributed by atoms with van der Waals surface area (Å²) in [4.78, 5) is 30.4. The normalized spacial score (nSPS) is 11.2. The lowest BCUT2D eigenvalue weighted by Gasteiger charge is -2.28. The highest BCUT2D eigenvalue weighted by molar-refractivity contribution is 7.92.